The number of halogens is 1. The number of methoxy groups -OCH3 is 1. The summed E-state index contributed by atoms with van der Waals surface area (Å²) < 4.78 is 31.0. The van der Waals surface area contributed by atoms with Crippen molar-refractivity contribution in [3.8, 4) is 5.75 Å². The van der Waals surface area contributed by atoms with Gasteiger partial charge in [0, 0.05) is 4.90 Å². The van der Waals surface area contributed by atoms with Gasteiger partial charge < -0.3 is 10.1 Å². The van der Waals surface area contributed by atoms with Crippen molar-refractivity contribution in [2.75, 3.05) is 28.7 Å². The lowest BCUT2D eigenvalue weighted by atomic mass is 10.2. The van der Waals surface area contributed by atoms with Crippen molar-refractivity contribution in [2.24, 2.45) is 0 Å². The Balaban J connectivity index is 2.35. The quantitative estimate of drug-likeness (QED) is 0.618. The lowest BCUT2D eigenvalue weighted by molar-refractivity contribution is -0.116. The van der Waals surface area contributed by atoms with E-state index in [2.05, 4.69) is 5.32 Å². The molecule has 6 nitrogen and oxygen atoms in total. The molecule has 0 aromatic heterocycles. The number of para-hydroxylation sites is 1. The topological polar surface area (TPSA) is 75.7 Å². The Bertz CT molecular complexity index is 951. The average molecular weight is 443 g/mol. The van der Waals surface area contributed by atoms with Crippen LogP contribution in [-0.2, 0) is 14.8 Å². The van der Waals surface area contributed by atoms with Crippen molar-refractivity contribution < 1.29 is 17.9 Å². The number of amides is 1. The molecule has 1 amide bonds. The summed E-state index contributed by atoms with van der Waals surface area (Å²) in [6, 6.07) is 11.0. The lowest BCUT2D eigenvalue weighted by Crippen LogP contribution is -2.45. The molecule has 0 saturated heterocycles. The van der Waals surface area contributed by atoms with Crippen LogP contribution < -0.4 is 14.4 Å². The summed E-state index contributed by atoms with van der Waals surface area (Å²) in [6.45, 7) is 3.55. The zero-order valence-corrected chi connectivity index (χ0v) is 18.5. The van der Waals surface area contributed by atoms with Crippen molar-refractivity contribution in [1.29, 1.82) is 0 Å². The number of carbonyl (C=O) groups excluding carboxylic acids is 1. The first-order valence-electron chi connectivity index (χ1n) is 8.54. The number of carbonyl (C=O) groups is 1. The second-order valence-electron chi connectivity index (χ2n) is 5.97. The number of anilines is 2. The van der Waals surface area contributed by atoms with Gasteiger partial charge in [-0.1, -0.05) is 30.7 Å². The van der Waals surface area contributed by atoms with E-state index in [1.54, 1.807) is 30.0 Å². The monoisotopic (exact) mass is 442 g/mol. The molecule has 0 radical (unpaired) electrons. The van der Waals surface area contributed by atoms with Crippen LogP contribution in [0.15, 0.2) is 47.4 Å². The summed E-state index contributed by atoms with van der Waals surface area (Å²) >= 11 is 7.74. The maximum atomic E-state index is 12.9. The van der Waals surface area contributed by atoms with Crippen LogP contribution >= 0.6 is 23.4 Å². The number of hydrogen-bond acceptors (Lipinski definition) is 5. The van der Waals surface area contributed by atoms with Crippen LogP contribution in [0.25, 0.3) is 0 Å². The normalized spacial score (nSPS) is 12.3. The largest absolute Gasteiger partial charge is 0.495 e. The maximum absolute atomic E-state index is 12.9. The highest BCUT2D eigenvalue weighted by Crippen LogP contribution is 2.32. The Labute approximate surface area is 175 Å². The number of thioether (sulfide) groups is 1. The summed E-state index contributed by atoms with van der Waals surface area (Å²) in [5.41, 5.74) is 0.930. The molecule has 0 aliphatic carbocycles. The average Bonchev–Trinajstić information content (AvgIpc) is 2.62. The van der Waals surface area contributed by atoms with Crippen LogP contribution in [0.5, 0.6) is 5.75 Å². The highest BCUT2D eigenvalue weighted by molar-refractivity contribution is 7.99. The van der Waals surface area contributed by atoms with Crippen LogP contribution in [0.1, 0.15) is 13.8 Å². The molecular formula is C19H23ClN2O4S2. The van der Waals surface area contributed by atoms with E-state index in [9.17, 15) is 13.2 Å². The first-order chi connectivity index (χ1) is 13.2. The molecular weight excluding hydrogens is 420 g/mol. The van der Waals surface area contributed by atoms with Gasteiger partial charge in [-0.2, -0.15) is 0 Å². The van der Waals surface area contributed by atoms with Gasteiger partial charge in [-0.15, -0.1) is 11.8 Å². The molecule has 1 atom stereocenters. The molecule has 0 bridgehead atoms. The van der Waals surface area contributed by atoms with E-state index in [1.807, 2.05) is 25.1 Å². The van der Waals surface area contributed by atoms with Gasteiger partial charge in [0.1, 0.15) is 11.8 Å². The lowest BCUT2D eigenvalue weighted by Gasteiger charge is -2.28. The number of sulfonamides is 1. The third kappa shape index (κ3) is 5.33. The second-order valence-corrected chi connectivity index (χ2v) is 9.54. The summed E-state index contributed by atoms with van der Waals surface area (Å²) in [5.74, 6) is 0.824. The van der Waals surface area contributed by atoms with Gasteiger partial charge in [0.2, 0.25) is 15.9 Å². The maximum Gasteiger partial charge on any atom is 0.248 e. The van der Waals surface area contributed by atoms with E-state index in [1.165, 1.54) is 20.1 Å². The Morgan fingerprint density at radius 2 is 1.96 bits per heavy atom. The molecule has 0 fully saturated rings. The van der Waals surface area contributed by atoms with Crippen LogP contribution in [-0.4, -0.2) is 39.5 Å². The van der Waals surface area contributed by atoms with Gasteiger partial charge in [-0.25, -0.2) is 8.42 Å². The van der Waals surface area contributed by atoms with Crippen molar-refractivity contribution in [3.63, 3.8) is 0 Å². The Morgan fingerprint density at radius 1 is 1.29 bits per heavy atom. The zero-order valence-electron chi connectivity index (χ0n) is 16.1. The third-order valence-electron chi connectivity index (χ3n) is 3.92. The predicted octanol–water partition coefficient (Wildman–Crippen LogP) is 4.25. The number of nitrogens with zero attached hydrogens (tertiary/aromatic N) is 1. The minimum Gasteiger partial charge on any atom is -0.495 e. The Kier molecular flexibility index (Phi) is 7.63. The van der Waals surface area contributed by atoms with Gasteiger partial charge in [-0.3, -0.25) is 9.10 Å². The minimum atomic E-state index is -3.74. The van der Waals surface area contributed by atoms with E-state index in [0.717, 1.165) is 21.2 Å². The van der Waals surface area contributed by atoms with Gasteiger partial charge in [0.25, 0.3) is 0 Å². The van der Waals surface area contributed by atoms with Gasteiger partial charge in [0.15, 0.2) is 0 Å². The van der Waals surface area contributed by atoms with E-state index in [0.29, 0.717) is 11.4 Å². The number of nitrogens with one attached hydrogen (secondary N) is 1. The molecule has 28 heavy (non-hydrogen) atoms. The molecule has 0 aliphatic heterocycles. The highest BCUT2D eigenvalue weighted by atomic mass is 35.5. The molecule has 0 spiro atoms. The predicted molar refractivity (Wildman–Crippen MR) is 116 cm³/mol. The van der Waals surface area contributed by atoms with Gasteiger partial charge >= 0.3 is 0 Å². The standard InChI is InChI=1S/C19H23ClN2O4S2/c1-5-27-18-9-7-6-8-16(18)21-19(23)13(2)22(28(4,24)25)14-10-11-17(26-3)15(20)12-14/h6-13H,5H2,1-4H3,(H,21,23). The Morgan fingerprint density at radius 3 is 2.54 bits per heavy atom. The first kappa shape index (κ1) is 22.4. The molecule has 2 aromatic rings. The third-order valence-corrected chi connectivity index (χ3v) is 6.42. The van der Waals surface area contributed by atoms with Crippen LogP contribution in [0.2, 0.25) is 5.02 Å². The summed E-state index contributed by atoms with van der Waals surface area (Å²) in [6.07, 6.45) is 1.05. The number of rotatable bonds is 8. The fraction of sp³-hybridized carbons (Fsp3) is 0.316. The van der Waals surface area contributed by atoms with Gasteiger partial charge in [-0.05, 0) is 43.0 Å². The molecule has 9 heteroatoms. The molecule has 0 aliphatic rings. The number of hydrogen-bond donors (Lipinski definition) is 1. The van der Waals surface area contributed by atoms with E-state index in [-0.39, 0.29) is 10.7 Å². The molecule has 1 N–H and O–H groups in total. The van der Waals surface area contributed by atoms with Crippen molar-refractivity contribution in [2.45, 2.75) is 24.8 Å². The van der Waals surface area contributed by atoms with E-state index < -0.39 is 22.0 Å². The first-order valence-corrected chi connectivity index (χ1v) is 11.8. The van der Waals surface area contributed by atoms with Gasteiger partial charge in [0.05, 0.1) is 29.8 Å². The Hall–Kier alpha value is -1.90. The van der Waals surface area contributed by atoms with Crippen molar-refractivity contribution in [3.05, 3.63) is 47.5 Å². The molecule has 152 valence electrons. The molecule has 1 unspecified atom stereocenters. The van der Waals surface area contributed by atoms with E-state index >= 15 is 0 Å². The van der Waals surface area contributed by atoms with Crippen LogP contribution in [0.4, 0.5) is 11.4 Å². The summed E-state index contributed by atoms with van der Waals surface area (Å²) in [7, 11) is -2.27. The SMILES string of the molecule is CCSc1ccccc1NC(=O)C(C)N(c1ccc(OC)c(Cl)c1)S(C)(=O)=O. The summed E-state index contributed by atoms with van der Waals surface area (Å²) in [4.78, 5) is 13.8. The second kappa shape index (κ2) is 9.54. The fourth-order valence-corrected chi connectivity index (χ4v) is 4.87. The minimum absolute atomic E-state index is 0.256. The zero-order chi connectivity index (χ0) is 20.9. The summed E-state index contributed by atoms with van der Waals surface area (Å²) in [5, 5.41) is 3.09. The molecule has 0 saturated carbocycles. The van der Waals surface area contributed by atoms with Crippen molar-refractivity contribution in [1.82, 2.24) is 0 Å². The van der Waals surface area contributed by atoms with Crippen molar-refractivity contribution >= 4 is 50.7 Å². The van der Waals surface area contributed by atoms with Crippen LogP contribution in [0, 0.1) is 0 Å². The molecule has 2 aromatic carbocycles. The fourth-order valence-electron chi connectivity index (χ4n) is 2.69. The number of benzene rings is 2. The smallest absolute Gasteiger partial charge is 0.248 e. The van der Waals surface area contributed by atoms with Crippen LogP contribution in [0.3, 0.4) is 0 Å². The molecule has 0 heterocycles. The molecule has 2 rings (SSSR count). The highest BCUT2D eigenvalue weighted by Gasteiger charge is 2.30. The van der Waals surface area contributed by atoms with E-state index in [4.69, 9.17) is 16.3 Å². The number of ether oxygens (including phenoxy) is 1.